The predicted molar refractivity (Wildman–Crippen MR) is 109 cm³/mol. The smallest absolute Gasteiger partial charge is 0.326 e. The number of benzene rings is 2. The molecule has 1 fully saturated rings. The molecule has 2 aliphatic rings. The number of carbonyl (C=O) groups is 1. The molecule has 1 atom stereocenters. The van der Waals surface area contributed by atoms with E-state index in [-0.39, 0.29) is 16.3 Å². The number of amides is 1. The van der Waals surface area contributed by atoms with Crippen LogP contribution in [0, 0.1) is 5.92 Å². The summed E-state index contributed by atoms with van der Waals surface area (Å²) in [6.45, 7) is 0.978. The number of hydrogen-bond acceptors (Lipinski definition) is 3. The van der Waals surface area contributed by atoms with Crippen LogP contribution in [-0.2, 0) is 4.79 Å². The first-order chi connectivity index (χ1) is 13.1. The van der Waals surface area contributed by atoms with Crippen molar-refractivity contribution < 1.29 is 9.53 Å². The number of nitrogens with two attached hydrogens (primary N) is 1. The largest absolute Gasteiger partial charge is 0.456 e. The normalized spacial score (nSPS) is 21.6. The number of rotatable bonds is 5. The molecule has 1 unspecified atom stereocenters. The van der Waals surface area contributed by atoms with Crippen LogP contribution in [0.2, 0.25) is 5.02 Å². The molecule has 27 heavy (non-hydrogen) atoms. The fourth-order valence-electron chi connectivity index (χ4n) is 3.42. The van der Waals surface area contributed by atoms with Gasteiger partial charge in [0.15, 0.2) is 0 Å². The van der Waals surface area contributed by atoms with E-state index in [1.54, 1.807) is 0 Å². The van der Waals surface area contributed by atoms with Crippen molar-refractivity contribution in [3.05, 3.63) is 77.5 Å². The summed E-state index contributed by atoms with van der Waals surface area (Å²) < 4.78 is 6.01. The lowest BCUT2D eigenvalue weighted by molar-refractivity contribution is -0.129. The van der Waals surface area contributed by atoms with Crippen LogP contribution < -0.4 is 15.0 Å². The second kappa shape index (κ2) is 7.31. The molecule has 138 valence electrons. The zero-order valence-corrected chi connectivity index (χ0v) is 15.7. The minimum absolute atomic E-state index is 0.116. The van der Waals surface area contributed by atoms with Gasteiger partial charge in [-0.1, -0.05) is 35.9 Å². The summed E-state index contributed by atoms with van der Waals surface area (Å²) in [7, 11) is 0. The molecule has 0 aromatic heterocycles. The molecule has 1 aliphatic carbocycles. The summed E-state index contributed by atoms with van der Waals surface area (Å²) in [5.74, 6) is 1.61. The van der Waals surface area contributed by atoms with Gasteiger partial charge in [0.2, 0.25) is 0 Å². The Balaban J connectivity index is 1.71. The number of hydrogen-bond donors (Lipinski definition) is 1. The van der Waals surface area contributed by atoms with Crippen molar-refractivity contribution in [2.24, 2.45) is 11.7 Å². The Bertz CT molecular complexity index is 919. The first-order valence-electron chi connectivity index (χ1n) is 9.16. The maximum absolute atomic E-state index is 13.2. The van der Waals surface area contributed by atoms with Crippen LogP contribution in [0.4, 0.5) is 5.69 Å². The summed E-state index contributed by atoms with van der Waals surface area (Å²) >= 11 is 6.52. The van der Waals surface area contributed by atoms with Gasteiger partial charge >= 0.3 is 5.91 Å². The highest BCUT2D eigenvalue weighted by atomic mass is 35.5. The molecule has 4 rings (SSSR count). The standard InChI is InChI=1S/C22H22ClN2O2/c23-20-13-18(10-11-21(20)27-19-6-2-1-3-7-19)25(22(26)17-8-9-17)12-4-5-16(14-24)15-25/h1-7,10-11,13,15,17H,8-9,12,14,24H2/q+1. The Morgan fingerprint density at radius 2 is 1.96 bits per heavy atom. The predicted octanol–water partition coefficient (Wildman–Crippen LogP) is 4.79. The Morgan fingerprint density at radius 1 is 1.19 bits per heavy atom. The minimum atomic E-state index is 0.116. The molecule has 0 saturated heterocycles. The van der Waals surface area contributed by atoms with Crippen molar-refractivity contribution in [2.45, 2.75) is 12.8 Å². The molecule has 0 bridgehead atoms. The maximum atomic E-state index is 13.2. The fraction of sp³-hybridized carbons (Fsp3) is 0.227. The van der Waals surface area contributed by atoms with Gasteiger partial charge in [-0.2, -0.15) is 4.48 Å². The zero-order valence-electron chi connectivity index (χ0n) is 15.0. The van der Waals surface area contributed by atoms with Crippen LogP contribution in [0.1, 0.15) is 12.8 Å². The summed E-state index contributed by atoms with van der Waals surface area (Å²) in [6, 6.07) is 15.1. The first kappa shape index (κ1) is 18.0. The van der Waals surface area contributed by atoms with Gasteiger partial charge in [-0.15, -0.1) is 0 Å². The Kier molecular flexibility index (Phi) is 4.87. The van der Waals surface area contributed by atoms with Crippen LogP contribution in [0.5, 0.6) is 11.5 Å². The molecule has 4 nitrogen and oxygen atoms in total. The second-order valence-corrected chi connectivity index (χ2v) is 7.41. The lowest BCUT2D eigenvalue weighted by Gasteiger charge is -2.33. The van der Waals surface area contributed by atoms with E-state index in [4.69, 9.17) is 22.1 Å². The van der Waals surface area contributed by atoms with Crippen molar-refractivity contribution in [2.75, 3.05) is 13.1 Å². The topological polar surface area (TPSA) is 52.3 Å². The number of para-hydroxylation sites is 1. The van der Waals surface area contributed by atoms with Crippen LogP contribution in [0.15, 0.2) is 72.5 Å². The molecule has 2 aromatic carbocycles. The van der Waals surface area contributed by atoms with Crippen molar-refractivity contribution in [1.82, 2.24) is 4.48 Å². The van der Waals surface area contributed by atoms with E-state index in [0.29, 0.717) is 23.9 Å². The van der Waals surface area contributed by atoms with Gasteiger partial charge in [-0.05, 0) is 37.1 Å². The van der Waals surface area contributed by atoms with Crippen molar-refractivity contribution in [3.63, 3.8) is 0 Å². The lowest BCUT2D eigenvalue weighted by atomic mass is 10.1. The van der Waals surface area contributed by atoms with Crippen molar-refractivity contribution >= 4 is 23.2 Å². The highest BCUT2D eigenvalue weighted by Crippen LogP contribution is 2.41. The van der Waals surface area contributed by atoms with Gasteiger partial charge in [-0.25, -0.2) is 4.79 Å². The van der Waals surface area contributed by atoms with Crippen LogP contribution in [0.25, 0.3) is 0 Å². The quantitative estimate of drug-likeness (QED) is 0.757. The first-order valence-corrected chi connectivity index (χ1v) is 9.54. The van der Waals surface area contributed by atoms with Crippen LogP contribution in [-0.4, -0.2) is 19.0 Å². The molecular formula is C22H22ClN2O2+. The highest BCUT2D eigenvalue weighted by Gasteiger charge is 2.47. The Hall–Kier alpha value is -2.40. The third-order valence-corrected chi connectivity index (χ3v) is 5.31. The molecule has 2 N–H and O–H groups in total. The number of halogens is 1. The molecular weight excluding hydrogens is 360 g/mol. The van der Waals surface area contributed by atoms with Gasteiger partial charge in [0.05, 0.1) is 10.9 Å². The summed E-state index contributed by atoms with van der Waals surface area (Å²) in [5, 5.41) is 0.481. The summed E-state index contributed by atoms with van der Waals surface area (Å²) in [4.78, 5) is 13.2. The number of nitrogens with zero attached hydrogens (tertiary/aromatic N) is 1. The van der Waals surface area contributed by atoms with Crippen LogP contribution >= 0.6 is 11.6 Å². The molecule has 1 aliphatic heterocycles. The summed E-state index contributed by atoms with van der Waals surface area (Å²) in [6.07, 6.45) is 7.90. The average molecular weight is 382 g/mol. The van der Waals surface area contributed by atoms with E-state index in [1.165, 1.54) is 0 Å². The molecule has 0 radical (unpaired) electrons. The van der Waals surface area contributed by atoms with Crippen LogP contribution in [0.3, 0.4) is 0 Å². The van der Waals surface area contributed by atoms with Gasteiger partial charge < -0.3 is 10.5 Å². The van der Waals surface area contributed by atoms with Gasteiger partial charge in [0.1, 0.15) is 29.9 Å². The molecule has 1 amide bonds. The Labute approximate surface area is 164 Å². The third kappa shape index (κ3) is 3.56. The number of ether oxygens (including phenoxy) is 1. The van der Waals surface area contributed by atoms with E-state index in [2.05, 4.69) is 0 Å². The summed E-state index contributed by atoms with van der Waals surface area (Å²) in [5.41, 5.74) is 7.64. The van der Waals surface area contributed by atoms with Crippen molar-refractivity contribution in [3.8, 4) is 11.5 Å². The maximum Gasteiger partial charge on any atom is 0.326 e. The average Bonchev–Trinajstić information content (AvgIpc) is 3.55. The van der Waals surface area contributed by atoms with Gasteiger partial charge in [-0.3, -0.25) is 0 Å². The fourth-order valence-corrected chi connectivity index (χ4v) is 3.64. The minimum Gasteiger partial charge on any atom is -0.456 e. The van der Waals surface area contributed by atoms with E-state index in [9.17, 15) is 4.79 Å². The monoisotopic (exact) mass is 381 g/mol. The third-order valence-electron chi connectivity index (χ3n) is 5.01. The lowest BCUT2D eigenvalue weighted by Crippen LogP contribution is -2.52. The zero-order chi connectivity index (χ0) is 18.9. The van der Waals surface area contributed by atoms with E-state index in [1.807, 2.05) is 66.9 Å². The number of quaternary nitrogens is 1. The molecule has 2 aromatic rings. The van der Waals surface area contributed by atoms with Crippen molar-refractivity contribution in [1.29, 1.82) is 0 Å². The molecule has 0 spiro atoms. The number of carbonyl (C=O) groups excluding carboxylic acids is 1. The second-order valence-electron chi connectivity index (χ2n) is 7.00. The van der Waals surface area contributed by atoms with E-state index in [0.717, 1.165) is 29.9 Å². The van der Waals surface area contributed by atoms with E-state index >= 15 is 0 Å². The van der Waals surface area contributed by atoms with Gasteiger partial charge in [0, 0.05) is 24.3 Å². The Morgan fingerprint density at radius 3 is 2.63 bits per heavy atom. The molecule has 5 heteroatoms. The SMILES string of the molecule is NCC1=C[N+](C(=O)C2CC2)(c2ccc(Oc3ccccc3)c(Cl)c2)CC=C1. The van der Waals surface area contributed by atoms with Gasteiger partial charge in [0.25, 0.3) is 0 Å². The van der Waals surface area contributed by atoms with E-state index < -0.39 is 0 Å². The highest BCUT2D eigenvalue weighted by molar-refractivity contribution is 6.32. The molecule has 1 heterocycles. The molecule has 1 saturated carbocycles.